The SMILES string of the molecule is COC[C@H](C)n1c(C)cc(C(=O)CN2C(=O)N[C@](C)(c3ccc4c(c3)CCC4)C2=O)c1C. The van der Waals surface area contributed by atoms with Crippen LogP contribution in [0.1, 0.15) is 64.7 Å². The van der Waals surface area contributed by atoms with Gasteiger partial charge in [0.2, 0.25) is 0 Å². The zero-order chi connectivity index (χ0) is 23.2. The standard InChI is InChI=1S/C25H31N3O4/c1-15-11-21(17(3)28(15)16(2)14-32-5)22(29)13-27-23(30)25(4,26-24(27)31)20-10-9-18-7-6-8-19(18)12-20/h9-12,16H,6-8,13-14H2,1-5H3,(H,26,31)/t16-,25+/m0/s1. The minimum Gasteiger partial charge on any atom is -0.383 e. The summed E-state index contributed by atoms with van der Waals surface area (Å²) in [7, 11) is 1.65. The number of amides is 3. The average molecular weight is 438 g/mol. The summed E-state index contributed by atoms with van der Waals surface area (Å²) in [6.45, 7) is 7.80. The number of Topliss-reactive ketones (excluding diaryl/α,β-unsaturated/α-hetero) is 1. The van der Waals surface area contributed by atoms with Crippen molar-refractivity contribution in [1.29, 1.82) is 0 Å². The van der Waals surface area contributed by atoms with E-state index >= 15 is 0 Å². The minimum atomic E-state index is -1.17. The Morgan fingerprint density at radius 1 is 1.19 bits per heavy atom. The number of urea groups is 1. The molecule has 32 heavy (non-hydrogen) atoms. The predicted octanol–water partition coefficient (Wildman–Crippen LogP) is 3.45. The van der Waals surface area contributed by atoms with Crippen LogP contribution in [0.3, 0.4) is 0 Å². The molecule has 1 aliphatic heterocycles. The maximum atomic E-state index is 13.3. The van der Waals surface area contributed by atoms with E-state index in [4.69, 9.17) is 4.74 Å². The van der Waals surface area contributed by atoms with E-state index in [0.717, 1.165) is 41.1 Å². The highest BCUT2D eigenvalue weighted by Crippen LogP contribution is 2.33. The van der Waals surface area contributed by atoms with Gasteiger partial charge in [-0.25, -0.2) is 4.79 Å². The fourth-order valence-corrected chi connectivity index (χ4v) is 5.20. The number of carbonyl (C=O) groups excluding carboxylic acids is 3. The summed E-state index contributed by atoms with van der Waals surface area (Å²) in [5.41, 5.74) is 4.41. The number of fused-ring (bicyclic) bond motifs is 1. The molecule has 170 valence electrons. The molecule has 2 atom stereocenters. The molecule has 0 spiro atoms. The van der Waals surface area contributed by atoms with Gasteiger partial charge < -0.3 is 14.6 Å². The molecular weight excluding hydrogens is 406 g/mol. The van der Waals surface area contributed by atoms with Crippen molar-refractivity contribution in [2.45, 2.75) is 58.5 Å². The molecule has 1 aliphatic carbocycles. The van der Waals surface area contributed by atoms with Crippen LogP contribution < -0.4 is 5.32 Å². The van der Waals surface area contributed by atoms with E-state index in [2.05, 4.69) is 9.88 Å². The van der Waals surface area contributed by atoms with Crippen LogP contribution >= 0.6 is 0 Å². The van der Waals surface area contributed by atoms with Gasteiger partial charge in [-0.15, -0.1) is 0 Å². The van der Waals surface area contributed by atoms with Gasteiger partial charge in [0.15, 0.2) is 5.78 Å². The number of aromatic nitrogens is 1. The number of carbonyl (C=O) groups is 3. The van der Waals surface area contributed by atoms with Crippen LogP contribution in [0.5, 0.6) is 0 Å². The zero-order valence-electron chi connectivity index (χ0n) is 19.4. The highest BCUT2D eigenvalue weighted by Gasteiger charge is 2.49. The van der Waals surface area contributed by atoms with E-state index in [0.29, 0.717) is 12.2 Å². The van der Waals surface area contributed by atoms with Crippen molar-refractivity contribution >= 4 is 17.7 Å². The third-order valence-electron chi connectivity index (χ3n) is 6.89. The molecule has 1 saturated heterocycles. The lowest BCUT2D eigenvalue weighted by molar-refractivity contribution is -0.130. The highest BCUT2D eigenvalue weighted by atomic mass is 16.5. The molecule has 0 saturated carbocycles. The first kappa shape index (κ1) is 22.3. The van der Waals surface area contributed by atoms with E-state index in [-0.39, 0.29) is 18.4 Å². The summed E-state index contributed by atoms with van der Waals surface area (Å²) in [6.07, 6.45) is 3.15. The first-order valence-corrected chi connectivity index (χ1v) is 11.1. The van der Waals surface area contributed by atoms with E-state index in [1.54, 1.807) is 14.0 Å². The summed E-state index contributed by atoms with van der Waals surface area (Å²) in [6, 6.07) is 7.35. The van der Waals surface area contributed by atoms with Crippen LogP contribution in [-0.4, -0.2) is 47.4 Å². The fraction of sp³-hybridized carbons (Fsp3) is 0.480. The van der Waals surface area contributed by atoms with Crippen LogP contribution in [0.25, 0.3) is 0 Å². The van der Waals surface area contributed by atoms with Gasteiger partial charge in [-0.1, -0.05) is 18.2 Å². The van der Waals surface area contributed by atoms with Crippen molar-refractivity contribution in [2.75, 3.05) is 20.3 Å². The monoisotopic (exact) mass is 437 g/mol. The van der Waals surface area contributed by atoms with Gasteiger partial charge in [0.05, 0.1) is 19.2 Å². The number of hydrogen-bond acceptors (Lipinski definition) is 4. The molecule has 1 aromatic heterocycles. The topological polar surface area (TPSA) is 80.6 Å². The van der Waals surface area contributed by atoms with Crippen molar-refractivity contribution in [2.24, 2.45) is 0 Å². The third-order valence-corrected chi connectivity index (χ3v) is 6.89. The zero-order valence-corrected chi connectivity index (χ0v) is 19.4. The smallest absolute Gasteiger partial charge is 0.325 e. The van der Waals surface area contributed by atoms with Crippen LogP contribution in [-0.2, 0) is 27.9 Å². The average Bonchev–Trinajstić information content (AvgIpc) is 3.39. The van der Waals surface area contributed by atoms with Crippen LogP contribution in [0.4, 0.5) is 4.79 Å². The highest BCUT2D eigenvalue weighted by molar-refractivity contribution is 6.11. The molecule has 2 aliphatic rings. The summed E-state index contributed by atoms with van der Waals surface area (Å²) in [4.78, 5) is 40.3. The first-order valence-electron chi connectivity index (χ1n) is 11.1. The number of aryl methyl sites for hydroxylation is 3. The Bertz CT molecular complexity index is 1100. The predicted molar refractivity (Wildman–Crippen MR) is 121 cm³/mol. The molecule has 3 amide bonds. The second-order valence-corrected chi connectivity index (χ2v) is 9.17. The largest absolute Gasteiger partial charge is 0.383 e. The van der Waals surface area contributed by atoms with Crippen LogP contribution in [0.2, 0.25) is 0 Å². The molecule has 1 N–H and O–H groups in total. The maximum absolute atomic E-state index is 13.3. The quantitative estimate of drug-likeness (QED) is 0.531. The summed E-state index contributed by atoms with van der Waals surface area (Å²) in [5.74, 6) is -0.647. The van der Waals surface area contributed by atoms with Crippen LogP contribution in [0, 0.1) is 13.8 Å². The Kier molecular flexibility index (Phi) is 5.71. The lowest BCUT2D eigenvalue weighted by Gasteiger charge is -2.23. The van der Waals surface area contributed by atoms with Crippen molar-refractivity contribution in [3.05, 3.63) is 57.9 Å². The molecule has 7 heteroatoms. The van der Waals surface area contributed by atoms with Crippen molar-refractivity contribution in [1.82, 2.24) is 14.8 Å². The number of ether oxygens (including phenoxy) is 1. The number of hydrogen-bond donors (Lipinski definition) is 1. The van der Waals surface area contributed by atoms with Gasteiger partial charge in [-0.2, -0.15) is 0 Å². The van der Waals surface area contributed by atoms with Crippen molar-refractivity contribution in [3.63, 3.8) is 0 Å². The summed E-state index contributed by atoms with van der Waals surface area (Å²) < 4.78 is 7.31. The molecule has 2 heterocycles. The van der Waals surface area contributed by atoms with E-state index in [1.165, 1.54) is 11.1 Å². The molecule has 1 fully saturated rings. The normalized spacial score (nSPS) is 21.1. The van der Waals surface area contributed by atoms with Gasteiger partial charge in [0.1, 0.15) is 5.54 Å². The lowest BCUT2D eigenvalue weighted by atomic mass is 9.89. The molecule has 7 nitrogen and oxygen atoms in total. The number of nitrogens with one attached hydrogen (secondary N) is 1. The molecule has 2 aromatic rings. The van der Waals surface area contributed by atoms with Crippen molar-refractivity contribution < 1.29 is 19.1 Å². The molecule has 1 aromatic carbocycles. The molecule has 0 radical (unpaired) electrons. The van der Waals surface area contributed by atoms with Gasteiger partial charge >= 0.3 is 6.03 Å². The molecule has 0 unspecified atom stereocenters. The fourth-order valence-electron chi connectivity index (χ4n) is 5.20. The Hall–Kier alpha value is -2.93. The first-order chi connectivity index (χ1) is 15.2. The van der Waals surface area contributed by atoms with Crippen molar-refractivity contribution in [3.8, 4) is 0 Å². The summed E-state index contributed by atoms with van der Waals surface area (Å²) in [5, 5.41) is 2.82. The Morgan fingerprint density at radius 3 is 2.62 bits per heavy atom. The van der Waals surface area contributed by atoms with Gasteiger partial charge in [0.25, 0.3) is 5.91 Å². The summed E-state index contributed by atoms with van der Waals surface area (Å²) >= 11 is 0. The number of nitrogens with zero attached hydrogens (tertiary/aromatic N) is 2. The van der Waals surface area contributed by atoms with E-state index in [1.807, 2.05) is 45.0 Å². The minimum absolute atomic E-state index is 0.0707. The Balaban J connectivity index is 1.57. The Labute approximate surface area is 188 Å². The van der Waals surface area contributed by atoms with Crippen LogP contribution in [0.15, 0.2) is 24.3 Å². The number of rotatable bonds is 7. The number of benzene rings is 1. The lowest BCUT2D eigenvalue weighted by Crippen LogP contribution is -2.41. The van der Waals surface area contributed by atoms with Gasteiger partial charge in [-0.3, -0.25) is 14.5 Å². The third kappa shape index (κ3) is 3.54. The van der Waals surface area contributed by atoms with E-state index < -0.39 is 17.5 Å². The van der Waals surface area contributed by atoms with Gasteiger partial charge in [-0.05, 0) is 69.7 Å². The number of ketones is 1. The number of imide groups is 1. The molecule has 4 rings (SSSR count). The molecule has 0 bridgehead atoms. The Morgan fingerprint density at radius 2 is 1.91 bits per heavy atom. The molecular formula is C25H31N3O4. The maximum Gasteiger partial charge on any atom is 0.325 e. The second kappa shape index (κ2) is 8.20. The van der Waals surface area contributed by atoms with Gasteiger partial charge in [0, 0.05) is 24.1 Å². The van der Waals surface area contributed by atoms with E-state index in [9.17, 15) is 14.4 Å². The second-order valence-electron chi connectivity index (χ2n) is 9.17. The number of methoxy groups -OCH3 is 1.